The molecule has 20 heavy (non-hydrogen) atoms. The van der Waals surface area contributed by atoms with Crippen molar-refractivity contribution in [1.82, 2.24) is 15.5 Å². The molecule has 4 heteroatoms. The van der Waals surface area contributed by atoms with E-state index in [2.05, 4.69) is 36.3 Å². The lowest BCUT2D eigenvalue weighted by molar-refractivity contribution is 0.242. The van der Waals surface area contributed by atoms with Crippen molar-refractivity contribution in [2.75, 3.05) is 32.7 Å². The lowest BCUT2D eigenvalue weighted by Gasteiger charge is -2.25. The molecule has 0 amide bonds. The lowest BCUT2D eigenvalue weighted by atomic mass is 10.2. The summed E-state index contributed by atoms with van der Waals surface area (Å²) in [7, 11) is 0. The van der Waals surface area contributed by atoms with E-state index in [0.29, 0.717) is 6.04 Å². The van der Waals surface area contributed by atoms with Crippen LogP contribution in [-0.2, 0) is 0 Å². The Kier molecular flexibility index (Phi) is 9.46. The van der Waals surface area contributed by atoms with E-state index in [1.807, 2.05) is 0 Å². The summed E-state index contributed by atoms with van der Waals surface area (Å²) in [5.74, 6) is 0.987. The van der Waals surface area contributed by atoms with Crippen LogP contribution in [0.5, 0.6) is 0 Å². The first-order chi connectivity index (χ1) is 9.81. The molecule has 0 spiro atoms. The first kappa shape index (κ1) is 17.3. The standard InChI is InChI=1S/C16H34N4/c1-4-7-8-11-18-16(17-6-3)19-14-15(5-2)20-12-9-10-13-20/h15H,4-14H2,1-3H3,(H2,17,18,19). The number of aliphatic imine (C=N–C) groups is 1. The van der Waals surface area contributed by atoms with E-state index >= 15 is 0 Å². The van der Waals surface area contributed by atoms with Crippen LogP contribution in [0.15, 0.2) is 4.99 Å². The van der Waals surface area contributed by atoms with E-state index in [1.165, 1.54) is 51.6 Å². The summed E-state index contributed by atoms with van der Waals surface area (Å²) >= 11 is 0. The fourth-order valence-electron chi connectivity index (χ4n) is 2.73. The number of unbranched alkanes of at least 4 members (excludes halogenated alkanes) is 2. The fraction of sp³-hybridized carbons (Fsp3) is 0.938. The lowest BCUT2D eigenvalue weighted by Crippen LogP contribution is -2.40. The number of rotatable bonds is 9. The monoisotopic (exact) mass is 282 g/mol. The molecule has 1 rings (SSSR count). The molecule has 1 unspecified atom stereocenters. The van der Waals surface area contributed by atoms with Gasteiger partial charge in [0.1, 0.15) is 0 Å². The van der Waals surface area contributed by atoms with Gasteiger partial charge in [-0.1, -0.05) is 26.7 Å². The van der Waals surface area contributed by atoms with E-state index in [4.69, 9.17) is 4.99 Å². The highest BCUT2D eigenvalue weighted by Crippen LogP contribution is 2.14. The minimum absolute atomic E-state index is 0.614. The summed E-state index contributed by atoms with van der Waals surface area (Å²) in [6, 6.07) is 0.614. The second-order valence-corrected chi connectivity index (χ2v) is 5.66. The Morgan fingerprint density at radius 3 is 2.45 bits per heavy atom. The van der Waals surface area contributed by atoms with Crippen molar-refractivity contribution in [3.63, 3.8) is 0 Å². The van der Waals surface area contributed by atoms with Crippen LogP contribution < -0.4 is 10.6 Å². The minimum Gasteiger partial charge on any atom is -0.357 e. The number of nitrogens with zero attached hydrogens (tertiary/aromatic N) is 2. The summed E-state index contributed by atoms with van der Waals surface area (Å²) < 4.78 is 0. The zero-order chi connectivity index (χ0) is 14.6. The van der Waals surface area contributed by atoms with Crippen LogP contribution in [0.3, 0.4) is 0 Å². The maximum absolute atomic E-state index is 4.78. The van der Waals surface area contributed by atoms with Gasteiger partial charge in [-0.3, -0.25) is 9.89 Å². The number of guanidine groups is 1. The SMILES string of the molecule is CCCCCNC(=NCC(CC)N1CCCC1)NCC. The van der Waals surface area contributed by atoms with Crippen molar-refractivity contribution in [2.45, 2.75) is 65.3 Å². The predicted octanol–water partition coefficient (Wildman–Crippen LogP) is 2.61. The summed E-state index contributed by atoms with van der Waals surface area (Å²) in [4.78, 5) is 7.38. The average Bonchev–Trinajstić information content (AvgIpc) is 2.98. The molecule has 0 aromatic heterocycles. The molecule has 0 aromatic rings. The molecule has 0 radical (unpaired) electrons. The Labute approximate surface area is 125 Å². The zero-order valence-electron chi connectivity index (χ0n) is 13.7. The van der Waals surface area contributed by atoms with E-state index in [9.17, 15) is 0 Å². The van der Waals surface area contributed by atoms with Crippen LogP contribution in [-0.4, -0.2) is 49.6 Å². The zero-order valence-corrected chi connectivity index (χ0v) is 13.7. The Balaban J connectivity index is 2.38. The van der Waals surface area contributed by atoms with Crippen LogP contribution in [0, 0.1) is 0 Å². The van der Waals surface area contributed by atoms with E-state index in [1.54, 1.807) is 0 Å². The number of likely N-dealkylation sites (tertiary alicyclic amines) is 1. The topological polar surface area (TPSA) is 39.7 Å². The summed E-state index contributed by atoms with van der Waals surface area (Å²) in [5, 5.41) is 6.80. The normalized spacial score (nSPS) is 18.2. The highest BCUT2D eigenvalue weighted by Gasteiger charge is 2.19. The van der Waals surface area contributed by atoms with Gasteiger partial charge in [0.2, 0.25) is 0 Å². The van der Waals surface area contributed by atoms with Crippen LogP contribution in [0.25, 0.3) is 0 Å². The van der Waals surface area contributed by atoms with E-state index < -0.39 is 0 Å². The van der Waals surface area contributed by atoms with Crippen molar-refractivity contribution in [3.05, 3.63) is 0 Å². The maximum atomic E-state index is 4.78. The number of hydrogen-bond donors (Lipinski definition) is 2. The molecule has 1 aliphatic rings. The molecule has 0 saturated carbocycles. The van der Waals surface area contributed by atoms with Crippen molar-refractivity contribution < 1.29 is 0 Å². The van der Waals surface area contributed by atoms with Gasteiger partial charge >= 0.3 is 0 Å². The Morgan fingerprint density at radius 1 is 1.10 bits per heavy atom. The Hall–Kier alpha value is -0.770. The van der Waals surface area contributed by atoms with Gasteiger partial charge in [0.15, 0.2) is 5.96 Å². The summed E-state index contributed by atoms with van der Waals surface area (Å²) in [6.45, 7) is 12.0. The molecule has 1 aliphatic heterocycles. The molecule has 1 fully saturated rings. The maximum Gasteiger partial charge on any atom is 0.191 e. The molecular formula is C16H34N4. The van der Waals surface area contributed by atoms with Crippen molar-refractivity contribution in [2.24, 2.45) is 4.99 Å². The summed E-state index contributed by atoms with van der Waals surface area (Å²) in [5.41, 5.74) is 0. The highest BCUT2D eigenvalue weighted by molar-refractivity contribution is 5.79. The summed E-state index contributed by atoms with van der Waals surface area (Å²) in [6.07, 6.45) is 7.69. The second kappa shape index (κ2) is 11.0. The van der Waals surface area contributed by atoms with Gasteiger partial charge in [-0.25, -0.2) is 0 Å². The van der Waals surface area contributed by atoms with Gasteiger partial charge in [-0.15, -0.1) is 0 Å². The van der Waals surface area contributed by atoms with Crippen LogP contribution in [0.4, 0.5) is 0 Å². The first-order valence-electron chi connectivity index (χ1n) is 8.58. The Bertz CT molecular complexity index is 259. The minimum atomic E-state index is 0.614. The molecule has 1 atom stereocenters. The van der Waals surface area contributed by atoms with Crippen LogP contribution >= 0.6 is 0 Å². The van der Waals surface area contributed by atoms with Gasteiger partial charge in [0.05, 0.1) is 6.54 Å². The van der Waals surface area contributed by atoms with Gasteiger partial charge < -0.3 is 10.6 Å². The van der Waals surface area contributed by atoms with Gasteiger partial charge in [-0.05, 0) is 45.7 Å². The molecule has 2 N–H and O–H groups in total. The van der Waals surface area contributed by atoms with Crippen molar-refractivity contribution in [3.8, 4) is 0 Å². The number of hydrogen-bond acceptors (Lipinski definition) is 2. The van der Waals surface area contributed by atoms with Crippen molar-refractivity contribution >= 4 is 5.96 Å². The van der Waals surface area contributed by atoms with Gasteiger partial charge in [0.25, 0.3) is 0 Å². The van der Waals surface area contributed by atoms with Crippen LogP contribution in [0.2, 0.25) is 0 Å². The third-order valence-electron chi connectivity index (χ3n) is 4.01. The molecule has 0 aromatic carbocycles. The van der Waals surface area contributed by atoms with Gasteiger partial charge in [0, 0.05) is 19.1 Å². The van der Waals surface area contributed by atoms with E-state index in [-0.39, 0.29) is 0 Å². The molecule has 118 valence electrons. The third-order valence-corrected chi connectivity index (χ3v) is 4.01. The van der Waals surface area contributed by atoms with Crippen LogP contribution in [0.1, 0.15) is 59.3 Å². The highest BCUT2D eigenvalue weighted by atomic mass is 15.2. The molecule has 4 nitrogen and oxygen atoms in total. The molecule has 0 aliphatic carbocycles. The smallest absolute Gasteiger partial charge is 0.191 e. The quantitative estimate of drug-likeness (QED) is 0.388. The van der Waals surface area contributed by atoms with E-state index in [0.717, 1.165) is 25.6 Å². The Morgan fingerprint density at radius 2 is 1.85 bits per heavy atom. The van der Waals surface area contributed by atoms with Crippen molar-refractivity contribution in [1.29, 1.82) is 0 Å². The molecule has 1 saturated heterocycles. The number of nitrogens with one attached hydrogen (secondary N) is 2. The molecular weight excluding hydrogens is 248 g/mol. The molecule has 1 heterocycles. The third kappa shape index (κ3) is 6.60. The molecule has 0 bridgehead atoms. The second-order valence-electron chi connectivity index (χ2n) is 5.66. The fourth-order valence-corrected chi connectivity index (χ4v) is 2.73. The predicted molar refractivity (Wildman–Crippen MR) is 88.4 cm³/mol. The average molecular weight is 282 g/mol. The first-order valence-corrected chi connectivity index (χ1v) is 8.58. The largest absolute Gasteiger partial charge is 0.357 e. The van der Waals surface area contributed by atoms with Gasteiger partial charge in [-0.2, -0.15) is 0 Å².